The first-order valence-electron chi connectivity index (χ1n) is 10.5. The van der Waals surface area contributed by atoms with E-state index in [1.54, 1.807) is 12.4 Å². The van der Waals surface area contributed by atoms with E-state index in [0.29, 0.717) is 5.56 Å². The van der Waals surface area contributed by atoms with Gasteiger partial charge in [0.15, 0.2) is 0 Å². The second kappa shape index (κ2) is 8.74. The van der Waals surface area contributed by atoms with Crippen LogP contribution in [0.4, 0.5) is 5.69 Å². The molecule has 1 aromatic carbocycles. The summed E-state index contributed by atoms with van der Waals surface area (Å²) in [6.07, 6.45) is 9.50. The number of para-hydroxylation sites is 1. The van der Waals surface area contributed by atoms with Crippen LogP contribution in [0.15, 0.2) is 54.9 Å². The van der Waals surface area contributed by atoms with Gasteiger partial charge in [0.25, 0.3) is 5.91 Å². The van der Waals surface area contributed by atoms with Gasteiger partial charge in [-0.25, -0.2) is 0 Å². The van der Waals surface area contributed by atoms with Crippen molar-refractivity contribution in [3.63, 3.8) is 0 Å². The smallest absolute Gasteiger partial charge is 0.252 e. The van der Waals surface area contributed by atoms with E-state index in [4.69, 9.17) is 0 Å². The van der Waals surface area contributed by atoms with E-state index in [2.05, 4.69) is 50.4 Å². The molecule has 4 rings (SSSR count). The molecule has 1 aromatic heterocycles. The van der Waals surface area contributed by atoms with Crippen molar-refractivity contribution in [1.82, 2.24) is 15.2 Å². The van der Waals surface area contributed by atoms with Crippen LogP contribution in [0.25, 0.3) is 0 Å². The summed E-state index contributed by atoms with van der Waals surface area (Å²) in [4.78, 5) is 21.8. The maximum Gasteiger partial charge on any atom is 0.252 e. The van der Waals surface area contributed by atoms with Crippen LogP contribution in [0.2, 0.25) is 0 Å². The van der Waals surface area contributed by atoms with E-state index < -0.39 is 0 Å². The zero-order chi connectivity index (χ0) is 19.2. The fourth-order valence-electron chi connectivity index (χ4n) is 4.74. The van der Waals surface area contributed by atoms with Gasteiger partial charge >= 0.3 is 0 Å². The number of amides is 1. The van der Waals surface area contributed by atoms with E-state index in [9.17, 15) is 4.79 Å². The Hall–Kier alpha value is -2.40. The number of nitrogens with zero attached hydrogens (tertiary/aromatic N) is 3. The van der Waals surface area contributed by atoms with Gasteiger partial charge in [-0.2, -0.15) is 0 Å². The molecule has 1 aliphatic carbocycles. The van der Waals surface area contributed by atoms with Gasteiger partial charge < -0.3 is 10.2 Å². The number of pyridine rings is 1. The van der Waals surface area contributed by atoms with Crippen LogP contribution in [0.1, 0.15) is 42.5 Å². The number of carbonyl (C=O) groups excluding carboxylic acids is 1. The van der Waals surface area contributed by atoms with Crippen molar-refractivity contribution in [1.29, 1.82) is 0 Å². The molecule has 1 saturated carbocycles. The number of anilines is 1. The Kier molecular flexibility index (Phi) is 5.91. The van der Waals surface area contributed by atoms with Gasteiger partial charge in [-0.3, -0.25) is 14.7 Å². The van der Waals surface area contributed by atoms with Crippen molar-refractivity contribution in [2.75, 3.05) is 37.6 Å². The summed E-state index contributed by atoms with van der Waals surface area (Å²) in [5.74, 6) is -0.0130. The molecule has 2 fully saturated rings. The molecule has 2 heterocycles. The summed E-state index contributed by atoms with van der Waals surface area (Å²) in [6.45, 7) is 4.92. The lowest BCUT2D eigenvalue weighted by Crippen LogP contribution is -2.62. The minimum Gasteiger partial charge on any atom is -0.369 e. The predicted molar refractivity (Wildman–Crippen MR) is 113 cm³/mol. The topological polar surface area (TPSA) is 48.5 Å². The average molecular weight is 379 g/mol. The fraction of sp³-hybridized carbons (Fsp3) is 0.478. The summed E-state index contributed by atoms with van der Waals surface area (Å²) < 4.78 is 0. The summed E-state index contributed by atoms with van der Waals surface area (Å²) in [5, 5.41) is 3.22. The number of aromatic nitrogens is 1. The van der Waals surface area contributed by atoms with Crippen LogP contribution in [-0.4, -0.2) is 54.1 Å². The van der Waals surface area contributed by atoms with Gasteiger partial charge in [-0.15, -0.1) is 0 Å². The van der Waals surface area contributed by atoms with Crippen molar-refractivity contribution >= 4 is 11.6 Å². The average Bonchev–Trinajstić information content (AvgIpc) is 2.79. The monoisotopic (exact) mass is 378 g/mol. The SMILES string of the molecule is O=C(NCC1(N2CCN(c3ccccc3)CC2)CCCCC1)c1cccnc1. The quantitative estimate of drug-likeness (QED) is 0.867. The highest BCUT2D eigenvalue weighted by molar-refractivity contribution is 5.93. The molecule has 0 unspecified atom stereocenters. The first-order valence-corrected chi connectivity index (χ1v) is 10.5. The second-order valence-corrected chi connectivity index (χ2v) is 8.02. The third kappa shape index (κ3) is 4.20. The van der Waals surface area contributed by atoms with E-state index in [0.717, 1.165) is 32.7 Å². The molecular formula is C23H30N4O. The van der Waals surface area contributed by atoms with Gasteiger partial charge in [0, 0.05) is 56.3 Å². The van der Waals surface area contributed by atoms with E-state index in [1.165, 1.54) is 37.8 Å². The van der Waals surface area contributed by atoms with Gasteiger partial charge in [-0.1, -0.05) is 37.5 Å². The first-order chi connectivity index (χ1) is 13.8. The standard InChI is InChI=1S/C23H30N4O/c28-22(20-8-7-13-24-18-20)25-19-23(11-5-2-6-12-23)27-16-14-26(15-17-27)21-9-3-1-4-10-21/h1,3-4,7-10,13,18H,2,5-6,11-12,14-17,19H2,(H,25,28). The molecule has 28 heavy (non-hydrogen) atoms. The maximum atomic E-state index is 12.6. The normalized spacial score (nSPS) is 19.9. The number of hydrogen-bond acceptors (Lipinski definition) is 4. The molecule has 2 aliphatic rings. The van der Waals surface area contributed by atoms with Crippen molar-refractivity contribution in [2.24, 2.45) is 0 Å². The van der Waals surface area contributed by atoms with E-state index >= 15 is 0 Å². The van der Waals surface area contributed by atoms with Crippen LogP contribution in [0, 0.1) is 0 Å². The number of rotatable bonds is 5. The van der Waals surface area contributed by atoms with Crippen LogP contribution in [0.3, 0.4) is 0 Å². The van der Waals surface area contributed by atoms with Crippen LogP contribution in [-0.2, 0) is 0 Å². The molecule has 0 radical (unpaired) electrons. The Morgan fingerprint density at radius 1 is 0.964 bits per heavy atom. The van der Waals surface area contributed by atoms with Crippen molar-refractivity contribution in [3.05, 3.63) is 60.4 Å². The highest BCUT2D eigenvalue weighted by atomic mass is 16.1. The molecule has 2 aromatic rings. The fourth-order valence-corrected chi connectivity index (χ4v) is 4.74. The van der Waals surface area contributed by atoms with Crippen LogP contribution in [0.5, 0.6) is 0 Å². The van der Waals surface area contributed by atoms with Crippen LogP contribution < -0.4 is 10.2 Å². The molecule has 1 aliphatic heterocycles. The molecule has 0 bridgehead atoms. The largest absolute Gasteiger partial charge is 0.369 e. The van der Waals surface area contributed by atoms with E-state index in [1.807, 2.05) is 12.1 Å². The first kappa shape index (κ1) is 18.9. The third-order valence-corrected chi connectivity index (χ3v) is 6.36. The summed E-state index contributed by atoms with van der Waals surface area (Å²) in [6, 6.07) is 14.3. The van der Waals surface area contributed by atoms with Crippen molar-refractivity contribution in [3.8, 4) is 0 Å². The number of hydrogen-bond donors (Lipinski definition) is 1. The zero-order valence-electron chi connectivity index (χ0n) is 16.5. The van der Waals surface area contributed by atoms with Crippen LogP contribution >= 0.6 is 0 Å². The molecule has 148 valence electrons. The van der Waals surface area contributed by atoms with Gasteiger partial charge in [0.1, 0.15) is 0 Å². The lowest BCUT2D eigenvalue weighted by atomic mass is 9.79. The lowest BCUT2D eigenvalue weighted by Gasteiger charge is -2.50. The summed E-state index contributed by atoms with van der Waals surface area (Å²) in [5.41, 5.74) is 2.05. The Bertz CT molecular complexity index is 751. The number of benzene rings is 1. The second-order valence-electron chi connectivity index (χ2n) is 8.02. The summed E-state index contributed by atoms with van der Waals surface area (Å²) in [7, 11) is 0. The van der Waals surface area contributed by atoms with Crippen molar-refractivity contribution in [2.45, 2.75) is 37.6 Å². The third-order valence-electron chi connectivity index (χ3n) is 6.36. The molecule has 1 saturated heterocycles. The van der Waals surface area contributed by atoms with Gasteiger partial charge in [0.2, 0.25) is 0 Å². The molecule has 5 heteroatoms. The molecular weight excluding hydrogens is 348 g/mol. The number of nitrogens with one attached hydrogen (secondary N) is 1. The Morgan fingerprint density at radius 2 is 1.71 bits per heavy atom. The number of carbonyl (C=O) groups is 1. The minimum absolute atomic E-state index is 0.0130. The molecule has 1 amide bonds. The zero-order valence-corrected chi connectivity index (χ0v) is 16.5. The van der Waals surface area contributed by atoms with E-state index in [-0.39, 0.29) is 11.4 Å². The molecule has 0 spiro atoms. The highest BCUT2D eigenvalue weighted by Gasteiger charge is 2.39. The Balaban J connectivity index is 1.41. The minimum atomic E-state index is -0.0130. The molecule has 0 atom stereocenters. The van der Waals surface area contributed by atoms with Crippen molar-refractivity contribution < 1.29 is 4.79 Å². The Labute approximate surface area is 167 Å². The summed E-state index contributed by atoms with van der Waals surface area (Å²) >= 11 is 0. The van der Waals surface area contributed by atoms with Gasteiger partial charge in [0.05, 0.1) is 5.56 Å². The Morgan fingerprint density at radius 3 is 2.39 bits per heavy atom. The number of piperazine rings is 1. The maximum absolute atomic E-state index is 12.6. The highest BCUT2D eigenvalue weighted by Crippen LogP contribution is 2.34. The lowest BCUT2D eigenvalue weighted by molar-refractivity contribution is 0.0426. The predicted octanol–water partition coefficient (Wildman–Crippen LogP) is 3.34. The molecule has 5 nitrogen and oxygen atoms in total. The van der Waals surface area contributed by atoms with Gasteiger partial charge in [-0.05, 0) is 37.1 Å². The molecule has 1 N–H and O–H groups in total.